The molecule has 0 bridgehead atoms. The molecular weight excluding hydrogens is 444 g/mol. The average Bonchev–Trinajstić information content (AvgIpc) is 3.19. The fraction of sp³-hybridized carbons (Fsp3) is 0.393. The summed E-state index contributed by atoms with van der Waals surface area (Å²) in [6, 6.07) is 16.2. The van der Waals surface area contributed by atoms with Crippen LogP contribution in [0.1, 0.15) is 49.7 Å². The molecule has 0 spiro atoms. The Kier molecular flexibility index (Phi) is 7.85. The van der Waals surface area contributed by atoms with Crippen LogP contribution < -0.4 is 10.6 Å². The van der Waals surface area contributed by atoms with Crippen LogP contribution in [0.15, 0.2) is 60.7 Å². The highest BCUT2D eigenvalue weighted by Crippen LogP contribution is 2.44. The van der Waals surface area contributed by atoms with E-state index in [2.05, 4.69) is 34.9 Å². The average molecular weight is 477 g/mol. The number of benzene rings is 2. The van der Waals surface area contributed by atoms with Gasteiger partial charge in [-0.15, -0.1) is 0 Å². The quantitative estimate of drug-likeness (QED) is 0.463. The number of hydrogen-bond donors (Lipinski definition) is 3. The first-order chi connectivity index (χ1) is 16.9. The third-order valence-corrected chi connectivity index (χ3v) is 6.83. The van der Waals surface area contributed by atoms with Crippen LogP contribution in [0.4, 0.5) is 4.79 Å². The van der Waals surface area contributed by atoms with Crippen LogP contribution in [-0.2, 0) is 14.3 Å². The second-order valence-electron chi connectivity index (χ2n) is 9.46. The summed E-state index contributed by atoms with van der Waals surface area (Å²) in [5.41, 5.74) is 4.71. The van der Waals surface area contributed by atoms with E-state index in [1.165, 1.54) is 22.3 Å². The molecule has 3 N–H and O–H groups in total. The maximum absolute atomic E-state index is 12.3. The first-order valence-electron chi connectivity index (χ1n) is 12.2. The van der Waals surface area contributed by atoms with Crippen LogP contribution in [0.2, 0.25) is 0 Å². The Morgan fingerprint density at radius 1 is 1.06 bits per heavy atom. The Hall–Kier alpha value is -3.61. The number of carbonyl (C=O) groups excluding carboxylic acids is 2. The van der Waals surface area contributed by atoms with Crippen molar-refractivity contribution >= 4 is 18.0 Å². The molecule has 0 aliphatic heterocycles. The lowest BCUT2D eigenvalue weighted by Crippen LogP contribution is -2.38. The predicted molar refractivity (Wildman–Crippen MR) is 133 cm³/mol. The summed E-state index contributed by atoms with van der Waals surface area (Å²) in [6.45, 7) is 2.65. The van der Waals surface area contributed by atoms with Gasteiger partial charge in [-0.3, -0.25) is 9.59 Å². The molecule has 0 heterocycles. The normalized spacial score (nSPS) is 19.3. The topological polar surface area (TPSA) is 105 Å². The van der Waals surface area contributed by atoms with Gasteiger partial charge in [0.2, 0.25) is 5.91 Å². The highest BCUT2D eigenvalue weighted by atomic mass is 16.5. The number of ether oxygens (including phenoxy) is 1. The van der Waals surface area contributed by atoms with Gasteiger partial charge in [-0.05, 0) is 47.4 Å². The highest BCUT2D eigenvalue weighted by Gasteiger charge is 2.29. The molecule has 2 aliphatic rings. The van der Waals surface area contributed by atoms with E-state index in [4.69, 9.17) is 9.84 Å². The van der Waals surface area contributed by atoms with Crippen LogP contribution in [0.5, 0.6) is 0 Å². The van der Waals surface area contributed by atoms with Gasteiger partial charge in [0.25, 0.3) is 0 Å². The van der Waals surface area contributed by atoms with Gasteiger partial charge in [-0.2, -0.15) is 0 Å². The van der Waals surface area contributed by atoms with Crippen molar-refractivity contribution in [2.45, 2.75) is 44.6 Å². The summed E-state index contributed by atoms with van der Waals surface area (Å²) in [6.07, 6.45) is 5.05. The van der Waals surface area contributed by atoms with Crippen LogP contribution in [-0.4, -0.2) is 42.3 Å². The number of carbonyl (C=O) groups is 3. The van der Waals surface area contributed by atoms with Crippen molar-refractivity contribution in [3.05, 3.63) is 71.8 Å². The Balaban J connectivity index is 1.18. The van der Waals surface area contributed by atoms with Crippen molar-refractivity contribution in [1.29, 1.82) is 0 Å². The predicted octanol–water partition coefficient (Wildman–Crippen LogP) is 4.48. The maximum atomic E-state index is 12.3. The summed E-state index contributed by atoms with van der Waals surface area (Å²) in [4.78, 5) is 35.8. The molecule has 7 nitrogen and oxygen atoms in total. The van der Waals surface area contributed by atoms with E-state index < -0.39 is 18.0 Å². The minimum Gasteiger partial charge on any atom is -0.481 e. The van der Waals surface area contributed by atoms with E-state index in [1.54, 1.807) is 0 Å². The molecule has 2 aliphatic carbocycles. The van der Waals surface area contributed by atoms with Gasteiger partial charge in [0, 0.05) is 24.9 Å². The number of carboxylic acid groups (broad SMARTS) is 1. The van der Waals surface area contributed by atoms with Crippen LogP contribution >= 0.6 is 0 Å². The number of amides is 2. The van der Waals surface area contributed by atoms with Gasteiger partial charge in [-0.25, -0.2) is 4.79 Å². The molecule has 2 amide bonds. The van der Waals surface area contributed by atoms with Gasteiger partial charge in [-0.1, -0.05) is 67.6 Å². The van der Waals surface area contributed by atoms with Crippen molar-refractivity contribution in [3.63, 3.8) is 0 Å². The molecule has 3 unspecified atom stereocenters. The van der Waals surface area contributed by atoms with E-state index in [1.807, 2.05) is 43.3 Å². The van der Waals surface area contributed by atoms with E-state index in [9.17, 15) is 14.4 Å². The number of alkyl carbamates (subject to hydrolysis) is 1. The molecule has 7 heteroatoms. The van der Waals surface area contributed by atoms with Gasteiger partial charge in [0.1, 0.15) is 6.61 Å². The zero-order valence-corrected chi connectivity index (χ0v) is 19.9. The fourth-order valence-electron chi connectivity index (χ4n) is 4.86. The number of aliphatic carboxylic acids is 1. The van der Waals surface area contributed by atoms with Crippen LogP contribution in [0.3, 0.4) is 0 Å². The zero-order valence-electron chi connectivity index (χ0n) is 19.9. The molecule has 2 aromatic rings. The number of fused-ring (bicyclic) bond motifs is 3. The van der Waals surface area contributed by atoms with Gasteiger partial charge in [0.15, 0.2) is 0 Å². The monoisotopic (exact) mass is 476 g/mol. The fourth-order valence-corrected chi connectivity index (χ4v) is 4.86. The smallest absolute Gasteiger partial charge is 0.407 e. The number of hydrogen-bond acceptors (Lipinski definition) is 4. The standard InChI is InChI=1S/C28H32N2O5/c1-18(13-14-26(31)30-20-8-6-7-19(15-20)27(32)33)16-29-28(34)35-17-25-23-11-4-2-9-21(23)22-10-3-5-12-24(22)25/h2-6,8-12,18-20,25H,7,13-17H2,1H3,(H,29,34)(H,30,31)(H,32,33). The highest BCUT2D eigenvalue weighted by molar-refractivity contribution is 5.79. The largest absolute Gasteiger partial charge is 0.481 e. The van der Waals surface area contributed by atoms with Crippen molar-refractivity contribution < 1.29 is 24.2 Å². The molecule has 0 radical (unpaired) electrons. The minimum absolute atomic E-state index is 0.0174. The van der Waals surface area contributed by atoms with Gasteiger partial charge >= 0.3 is 12.1 Å². The zero-order chi connectivity index (χ0) is 24.8. The molecule has 2 aromatic carbocycles. The number of rotatable bonds is 9. The molecule has 0 saturated heterocycles. The molecule has 35 heavy (non-hydrogen) atoms. The van der Waals surface area contributed by atoms with E-state index in [0.29, 0.717) is 32.2 Å². The molecule has 0 fully saturated rings. The summed E-state index contributed by atoms with van der Waals surface area (Å²) in [7, 11) is 0. The summed E-state index contributed by atoms with van der Waals surface area (Å²) in [5, 5.41) is 14.9. The van der Waals surface area contributed by atoms with Crippen molar-refractivity contribution in [3.8, 4) is 11.1 Å². The second kappa shape index (κ2) is 11.2. The van der Waals surface area contributed by atoms with E-state index >= 15 is 0 Å². The van der Waals surface area contributed by atoms with Crippen LogP contribution in [0, 0.1) is 11.8 Å². The maximum Gasteiger partial charge on any atom is 0.407 e. The number of nitrogens with one attached hydrogen (secondary N) is 2. The molecule has 3 atom stereocenters. The third-order valence-electron chi connectivity index (χ3n) is 6.83. The van der Waals surface area contributed by atoms with Crippen molar-refractivity contribution in [2.24, 2.45) is 11.8 Å². The summed E-state index contributed by atoms with van der Waals surface area (Å²) < 4.78 is 5.56. The third kappa shape index (κ3) is 6.10. The first-order valence-corrected chi connectivity index (χ1v) is 12.2. The molecule has 184 valence electrons. The minimum atomic E-state index is -0.832. The van der Waals surface area contributed by atoms with Crippen LogP contribution in [0.25, 0.3) is 11.1 Å². The number of allylic oxidation sites excluding steroid dienone is 1. The Morgan fingerprint density at radius 2 is 1.71 bits per heavy atom. The van der Waals surface area contributed by atoms with Gasteiger partial charge < -0.3 is 20.5 Å². The lowest BCUT2D eigenvalue weighted by atomic mass is 9.91. The van der Waals surface area contributed by atoms with E-state index in [0.717, 1.165) is 0 Å². The van der Waals surface area contributed by atoms with Crippen molar-refractivity contribution in [1.82, 2.24) is 10.6 Å². The number of carboxylic acids is 1. The lowest BCUT2D eigenvalue weighted by molar-refractivity contribution is -0.142. The first kappa shape index (κ1) is 24.5. The molecular formula is C28H32N2O5. The molecule has 0 saturated carbocycles. The Morgan fingerprint density at radius 3 is 2.37 bits per heavy atom. The summed E-state index contributed by atoms with van der Waals surface area (Å²) in [5.74, 6) is -1.29. The van der Waals surface area contributed by atoms with Gasteiger partial charge in [0.05, 0.1) is 5.92 Å². The molecule has 0 aromatic heterocycles. The Labute approximate surface area is 205 Å². The lowest BCUT2D eigenvalue weighted by Gasteiger charge is -2.23. The second-order valence-corrected chi connectivity index (χ2v) is 9.46. The van der Waals surface area contributed by atoms with E-state index in [-0.39, 0.29) is 30.4 Å². The summed E-state index contributed by atoms with van der Waals surface area (Å²) >= 11 is 0. The SMILES string of the molecule is CC(CCC(=O)NC1C=CCC(C(=O)O)C1)CNC(=O)OCC1c2ccccc2-c2ccccc21. The molecule has 4 rings (SSSR count). The Bertz CT molecular complexity index is 1070. The van der Waals surface area contributed by atoms with Crippen molar-refractivity contribution in [2.75, 3.05) is 13.2 Å².